The quantitative estimate of drug-likeness (QED) is 0.527. The Kier molecular flexibility index (Phi) is 4.04. The second-order valence-corrected chi connectivity index (χ2v) is 3.94. The largest absolute Gasteiger partial charge is 0.468 e. The molecule has 16 heavy (non-hydrogen) atoms. The smallest absolute Gasteiger partial charge is 0.319 e. The van der Waals surface area contributed by atoms with Crippen LogP contribution < -0.4 is 0 Å². The summed E-state index contributed by atoms with van der Waals surface area (Å²) < 4.78 is 9.44. The minimum atomic E-state index is -1.08. The van der Waals surface area contributed by atoms with Gasteiger partial charge in [-0.2, -0.15) is 0 Å². The van der Waals surface area contributed by atoms with Gasteiger partial charge in [0.2, 0.25) is 0 Å². The number of rotatable bonds is 4. The Labute approximate surface area is 94.1 Å². The van der Waals surface area contributed by atoms with E-state index in [4.69, 9.17) is 4.74 Å². The Morgan fingerprint density at radius 3 is 2.56 bits per heavy atom. The zero-order valence-electron chi connectivity index (χ0n) is 9.58. The fraction of sp³-hybridized carbons (Fsp3) is 0.727. The van der Waals surface area contributed by atoms with Gasteiger partial charge >= 0.3 is 11.9 Å². The molecule has 0 radical (unpaired) electrons. The minimum absolute atomic E-state index is 0.0795. The van der Waals surface area contributed by atoms with Crippen molar-refractivity contribution in [3.63, 3.8) is 0 Å². The highest BCUT2D eigenvalue weighted by molar-refractivity contribution is 6.05. The predicted molar refractivity (Wildman–Crippen MR) is 54.6 cm³/mol. The van der Waals surface area contributed by atoms with Crippen molar-refractivity contribution in [1.82, 2.24) is 0 Å². The molecule has 0 aromatic carbocycles. The second kappa shape index (κ2) is 5.09. The van der Waals surface area contributed by atoms with Crippen molar-refractivity contribution >= 4 is 17.7 Å². The third kappa shape index (κ3) is 2.40. The molecule has 0 bridgehead atoms. The van der Waals surface area contributed by atoms with Crippen molar-refractivity contribution in [2.75, 3.05) is 13.7 Å². The van der Waals surface area contributed by atoms with Gasteiger partial charge in [-0.3, -0.25) is 14.4 Å². The number of ketones is 1. The van der Waals surface area contributed by atoms with Gasteiger partial charge in [-0.1, -0.05) is 0 Å². The van der Waals surface area contributed by atoms with Crippen LogP contribution in [0.5, 0.6) is 0 Å². The number of hydrogen-bond acceptors (Lipinski definition) is 5. The van der Waals surface area contributed by atoms with Crippen molar-refractivity contribution in [2.45, 2.75) is 32.6 Å². The Hall–Kier alpha value is -1.39. The molecule has 0 unspecified atom stereocenters. The number of carbonyl (C=O) groups is 3. The molecule has 5 heteroatoms. The Bertz CT molecular complexity index is 309. The second-order valence-electron chi connectivity index (χ2n) is 3.94. The molecule has 0 amide bonds. The van der Waals surface area contributed by atoms with Gasteiger partial charge in [-0.25, -0.2) is 0 Å². The lowest BCUT2D eigenvalue weighted by Gasteiger charge is -2.23. The van der Waals surface area contributed by atoms with E-state index in [0.29, 0.717) is 19.3 Å². The van der Waals surface area contributed by atoms with Gasteiger partial charge in [0.05, 0.1) is 13.7 Å². The minimum Gasteiger partial charge on any atom is -0.468 e. The molecule has 0 N–H and O–H groups in total. The highest BCUT2D eigenvalue weighted by Gasteiger charge is 2.49. The zero-order valence-corrected chi connectivity index (χ0v) is 9.58. The fourth-order valence-corrected chi connectivity index (χ4v) is 2.08. The maximum absolute atomic E-state index is 11.7. The molecule has 5 nitrogen and oxygen atoms in total. The third-order valence-corrected chi connectivity index (χ3v) is 2.95. The van der Waals surface area contributed by atoms with Crippen LogP contribution in [0.4, 0.5) is 0 Å². The molecular formula is C11H16O5. The van der Waals surface area contributed by atoms with Crippen molar-refractivity contribution in [1.29, 1.82) is 0 Å². The Morgan fingerprint density at radius 2 is 2.12 bits per heavy atom. The molecule has 0 aliphatic heterocycles. The summed E-state index contributed by atoms with van der Waals surface area (Å²) in [6, 6.07) is 0. The topological polar surface area (TPSA) is 69.7 Å². The summed E-state index contributed by atoms with van der Waals surface area (Å²) in [5.74, 6) is -1.03. The number of methoxy groups -OCH3 is 1. The first-order chi connectivity index (χ1) is 7.53. The van der Waals surface area contributed by atoms with E-state index in [-0.39, 0.29) is 18.8 Å². The van der Waals surface area contributed by atoms with Gasteiger partial charge in [0.1, 0.15) is 11.2 Å². The first-order valence-corrected chi connectivity index (χ1v) is 5.28. The molecule has 0 saturated heterocycles. The molecule has 0 aromatic rings. The molecular weight excluding hydrogens is 212 g/mol. The molecule has 0 heterocycles. The summed E-state index contributed by atoms with van der Waals surface area (Å²) in [4.78, 5) is 34.0. The molecule has 0 spiro atoms. The number of esters is 2. The standard InChI is InChI=1S/C11H16O5/c1-8(12)16-7-6-11(10(14)15-2)5-3-4-9(11)13/h3-7H2,1-2H3/t11-/m0/s1. The van der Waals surface area contributed by atoms with E-state index in [1.807, 2.05) is 0 Å². The van der Waals surface area contributed by atoms with Crippen molar-refractivity contribution < 1.29 is 23.9 Å². The number of carbonyl (C=O) groups excluding carboxylic acids is 3. The maximum Gasteiger partial charge on any atom is 0.319 e. The van der Waals surface area contributed by atoms with Gasteiger partial charge < -0.3 is 9.47 Å². The molecule has 1 atom stereocenters. The van der Waals surface area contributed by atoms with Gasteiger partial charge in [0, 0.05) is 19.8 Å². The van der Waals surface area contributed by atoms with Gasteiger partial charge in [0.15, 0.2) is 0 Å². The highest BCUT2D eigenvalue weighted by Crippen LogP contribution is 2.39. The van der Waals surface area contributed by atoms with Crippen molar-refractivity contribution in [3.8, 4) is 0 Å². The van der Waals surface area contributed by atoms with Crippen LogP contribution in [-0.4, -0.2) is 31.4 Å². The first-order valence-electron chi connectivity index (χ1n) is 5.28. The lowest BCUT2D eigenvalue weighted by molar-refractivity contribution is -0.159. The van der Waals surface area contributed by atoms with Crippen LogP contribution >= 0.6 is 0 Å². The third-order valence-electron chi connectivity index (χ3n) is 2.95. The average molecular weight is 228 g/mol. The first kappa shape index (κ1) is 12.7. The highest BCUT2D eigenvalue weighted by atomic mass is 16.5. The lowest BCUT2D eigenvalue weighted by Crippen LogP contribution is -2.37. The number of hydrogen-bond donors (Lipinski definition) is 0. The Morgan fingerprint density at radius 1 is 1.44 bits per heavy atom. The zero-order chi connectivity index (χ0) is 12.2. The monoisotopic (exact) mass is 228 g/mol. The molecule has 1 fully saturated rings. The average Bonchev–Trinajstić information content (AvgIpc) is 2.60. The predicted octanol–water partition coefficient (Wildman–Crippen LogP) is 0.852. The van der Waals surface area contributed by atoms with Crippen LogP contribution in [0, 0.1) is 5.41 Å². The van der Waals surface area contributed by atoms with E-state index < -0.39 is 17.4 Å². The molecule has 1 rings (SSSR count). The molecule has 1 aliphatic carbocycles. The lowest BCUT2D eigenvalue weighted by atomic mass is 9.82. The van der Waals surface area contributed by atoms with Crippen molar-refractivity contribution in [3.05, 3.63) is 0 Å². The van der Waals surface area contributed by atoms with Gasteiger partial charge in [-0.15, -0.1) is 0 Å². The van der Waals surface area contributed by atoms with Crippen molar-refractivity contribution in [2.24, 2.45) is 5.41 Å². The van der Waals surface area contributed by atoms with E-state index >= 15 is 0 Å². The fourth-order valence-electron chi connectivity index (χ4n) is 2.08. The molecule has 1 aliphatic rings. The summed E-state index contributed by atoms with van der Waals surface area (Å²) >= 11 is 0. The van der Waals surface area contributed by atoms with E-state index in [0.717, 1.165) is 0 Å². The Balaban J connectivity index is 2.68. The number of Topliss-reactive ketones (excluding diaryl/α,β-unsaturated/α-hetero) is 1. The summed E-state index contributed by atoms with van der Waals surface area (Å²) in [6.07, 6.45) is 1.79. The van der Waals surface area contributed by atoms with Gasteiger partial charge in [-0.05, 0) is 12.8 Å². The van der Waals surface area contributed by atoms with Crippen LogP contribution in [0.25, 0.3) is 0 Å². The SMILES string of the molecule is COC(=O)[C@]1(CCOC(C)=O)CCCC1=O. The van der Waals surface area contributed by atoms with Crippen LogP contribution in [0.1, 0.15) is 32.6 Å². The summed E-state index contributed by atoms with van der Waals surface area (Å²) in [6.45, 7) is 1.37. The van der Waals surface area contributed by atoms with Gasteiger partial charge in [0.25, 0.3) is 0 Å². The van der Waals surface area contributed by atoms with E-state index in [9.17, 15) is 14.4 Å². The van der Waals surface area contributed by atoms with Crippen LogP contribution in [0.2, 0.25) is 0 Å². The van der Waals surface area contributed by atoms with E-state index in [1.165, 1.54) is 14.0 Å². The molecule has 0 aromatic heterocycles. The van der Waals surface area contributed by atoms with E-state index in [1.54, 1.807) is 0 Å². The maximum atomic E-state index is 11.7. The van der Waals surface area contributed by atoms with Crippen LogP contribution in [0.3, 0.4) is 0 Å². The van der Waals surface area contributed by atoms with E-state index in [2.05, 4.69) is 4.74 Å². The normalized spacial score (nSPS) is 24.2. The summed E-state index contributed by atoms with van der Waals surface area (Å²) in [5, 5.41) is 0. The summed E-state index contributed by atoms with van der Waals surface area (Å²) in [5.41, 5.74) is -1.08. The molecule has 1 saturated carbocycles. The number of ether oxygens (including phenoxy) is 2. The summed E-state index contributed by atoms with van der Waals surface area (Å²) in [7, 11) is 1.27. The molecule has 90 valence electrons. The van der Waals surface area contributed by atoms with Crippen LogP contribution in [0.15, 0.2) is 0 Å². The van der Waals surface area contributed by atoms with Crippen LogP contribution in [-0.2, 0) is 23.9 Å².